The van der Waals surface area contributed by atoms with Crippen LogP contribution in [0.25, 0.3) is 0 Å². The van der Waals surface area contributed by atoms with Crippen molar-refractivity contribution in [3.63, 3.8) is 0 Å². The van der Waals surface area contributed by atoms with E-state index in [1.807, 2.05) is 27.2 Å². The fourth-order valence-electron chi connectivity index (χ4n) is 7.28. The van der Waals surface area contributed by atoms with E-state index in [0.29, 0.717) is 17.4 Å². The highest BCUT2D eigenvalue weighted by Gasteiger charge is 2.23. The molecule has 9 heteroatoms. The van der Waals surface area contributed by atoms with E-state index in [0.717, 1.165) is 38.5 Å². The number of phosphoric ester groups is 1. The molecule has 0 aliphatic heterocycles. The van der Waals surface area contributed by atoms with Crippen LogP contribution in [0.5, 0.6) is 0 Å². The first kappa shape index (κ1) is 58.7. The van der Waals surface area contributed by atoms with Crippen LogP contribution >= 0.6 is 7.82 Å². The number of likely N-dealkylation sites (N-methyl/N-ethyl adjacent to an activating group) is 1. The van der Waals surface area contributed by atoms with Gasteiger partial charge < -0.3 is 28.8 Å². The predicted molar refractivity (Wildman–Crippen MR) is 256 cm³/mol. The van der Waals surface area contributed by atoms with Gasteiger partial charge in [0.2, 0.25) is 5.91 Å². The Labute approximate surface area is 372 Å². The molecule has 8 nitrogen and oxygen atoms in total. The molecular formula is C51H99N2O6P. The van der Waals surface area contributed by atoms with Gasteiger partial charge in [-0.25, -0.2) is 0 Å². The van der Waals surface area contributed by atoms with Crippen molar-refractivity contribution in [2.24, 2.45) is 0 Å². The van der Waals surface area contributed by atoms with Crippen LogP contribution < -0.4 is 10.2 Å². The quantitative estimate of drug-likeness (QED) is 0.0273. The molecule has 354 valence electrons. The Kier molecular flexibility index (Phi) is 42.1. The highest BCUT2D eigenvalue weighted by molar-refractivity contribution is 7.45. The summed E-state index contributed by atoms with van der Waals surface area (Å²) in [7, 11) is 1.24. The van der Waals surface area contributed by atoms with Crippen LogP contribution in [0.15, 0.2) is 36.5 Å². The summed E-state index contributed by atoms with van der Waals surface area (Å²) in [5.41, 5.74) is 0. The molecule has 0 rings (SSSR count). The number of carbonyl (C=O) groups excluding carboxylic acids is 1. The minimum Gasteiger partial charge on any atom is -0.756 e. The summed E-state index contributed by atoms with van der Waals surface area (Å²) in [5.74, 6) is -0.210. The molecule has 0 bridgehead atoms. The number of amides is 1. The van der Waals surface area contributed by atoms with Crippen LogP contribution in [0.1, 0.15) is 232 Å². The molecule has 2 N–H and O–H groups in total. The Morgan fingerprint density at radius 3 is 1.35 bits per heavy atom. The van der Waals surface area contributed by atoms with E-state index in [1.165, 1.54) is 173 Å². The number of nitrogens with one attached hydrogen (secondary N) is 1. The van der Waals surface area contributed by atoms with Crippen LogP contribution in [0.2, 0.25) is 0 Å². The lowest BCUT2D eigenvalue weighted by Crippen LogP contribution is -2.45. The second-order valence-electron chi connectivity index (χ2n) is 18.5. The number of unbranched alkanes of at least 4 members (excludes halogenated alkanes) is 29. The Bertz CT molecular complexity index is 1070. The number of quaternary nitrogens is 1. The van der Waals surface area contributed by atoms with Gasteiger partial charge in [-0.05, 0) is 57.8 Å². The largest absolute Gasteiger partial charge is 0.756 e. The number of phosphoric acid groups is 1. The minimum absolute atomic E-state index is 0.00687. The third kappa shape index (κ3) is 44.8. The van der Waals surface area contributed by atoms with Crippen molar-refractivity contribution in [2.75, 3.05) is 40.9 Å². The van der Waals surface area contributed by atoms with E-state index in [4.69, 9.17) is 9.05 Å². The first-order chi connectivity index (χ1) is 29.0. The molecule has 0 heterocycles. The molecule has 0 aliphatic carbocycles. The smallest absolute Gasteiger partial charge is 0.268 e. The van der Waals surface area contributed by atoms with Gasteiger partial charge in [0.05, 0.1) is 39.9 Å². The summed E-state index contributed by atoms with van der Waals surface area (Å²) in [6.45, 7) is 4.64. The Morgan fingerprint density at radius 1 is 0.567 bits per heavy atom. The summed E-state index contributed by atoms with van der Waals surface area (Å²) in [6, 6.07) is -0.904. The van der Waals surface area contributed by atoms with Crippen molar-refractivity contribution in [1.29, 1.82) is 0 Å². The van der Waals surface area contributed by atoms with E-state index in [1.54, 1.807) is 6.08 Å². The lowest BCUT2D eigenvalue weighted by molar-refractivity contribution is -0.870. The summed E-state index contributed by atoms with van der Waals surface area (Å²) in [5, 5.41) is 13.8. The molecule has 0 aromatic carbocycles. The van der Waals surface area contributed by atoms with E-state index in [-0.39, 0.29) is 12.5 Å². The zero-order chi connectivity index (χ0) is 44.3. The topological polar surface area (TPSA) is 108 Å². The number of rotatable bonds is 46. The fourth-order valence-corrected chi connectivity index (χ4v) is 8.00. The third-order valence-corrected chi connectivity index (χ3v) is 12.3. The molecule has 0 spiro atoms. The van der Waals surface area contributed by atoms with Crippen molar-refractivity contribution < 1.29 is 32.9 Å². The van der Waals surface area contributed by atoms with Crippen LogP contribution in [0.3, 0.4) is 0 Å². The number of allylic oxidation sites excluding steroid dienone is 5. The average Bonchev–Trinajstić information content (AvgIpc) is 3.20. The highest BCUT2D eigenvalue weighted by atomic mass is 31.2. The molecule has 3 unspecified atom stereocenters. The van der Waals surface area contributed by atoms with Gasteiger partial charge in [-0.1, -0.05) is 204 Å². The predicted octanol–water partition coefficient (Wildman–Crippen LogP) is 14.0. The second-order valence-corrected chi connectivity index (χ2v) is 19.9. The number of nitrogens with zero attached hydrogens (tertiary/aromatic N) is 1. The zero-order valence-electron chi connectivity index (χ0n) is 40.2. The number of aliphatic hydroxyl groups is 1. The van der Waals surface area contributed by atoms with Gasteiger partial charge in [-0.3, -0.25) is 9.36 Å². The monoisotopic (exact) mass is 867 g/mol. The molecule has 3 atom stereocenters. The lowest BCUT2D eigenvalue weighted by Gasteiger charge is -2.29. The first-order valence-electron chi connectivity index (χ1n) is 25.4. The van der Waals surface area contributed by atoms with Crippen LogP contribution in [-0.2, 0) is 18.4 Å². The van der Waals surface area contributed by atoms with Gasteiger partial charge in [-0.2, -0.15) is 0 Å². The molecular weight excluding hydrogens is 768 g/mol. The number of aliphatic hydroxyl groups excluding tert-OH is 1. The van der Waals surface area contributed by atoms with Gasteiger partial charge in [0.25, 0.3) is 7.82 Å². The summed E-state index contributed by atoms with van der Waals surface area (Å²) in [4.78, 5) is 25.4. The van der Waals surface area contributed by atoms with E-state index < -0.39 is 26.6 Å². The van der Waals surface area contributed by atoms with Crippen molar-refractivity contribution in [3.05, 3.63) is 36.5 Å². The Hall–Kier alpha value is -1.28. The molecule has 1 amide bonds. The fraction of sp³-hybridized carbons (Fsp3) is 0.863. The van der Waals surface area contributed by atoms with Gasteiger partial charge in [-0.15, -0.1) is 0 Å². The SMILES string of the molecule is CCCCCCCCCCC/C=C\CCCCCCCCCC(=O)NC(COP(=O)([O-])OCC[N+](C)(C)C)C(O)/C=C/CC/C=C/CCCCCCCCCCCCCC. The molecule has 0 saturated heterocycles. The standard InChI is InChI=1S/C51H99N2O6P/c1-6-8-10-12-14-16-18-20-22-24-26-27-29-31-33-35-37-39-41-43-45-51(55)52-49(48-59-60(56,57)58-47-46-53(3,4)5)50(54)44-42-40-38-36-34-32-30-28-25-23-21-19-17-15-13-11-9-7-2/h26-27,34,36,42,44,49-50,54H,6-25,28-33,35,37-41,43,45-48H2,1-5H3,(H-,52,55,56,57)/b27-26-,36-34+,44-42+. The Morgan fingerprint density at radius 2 is 0.933 bits per heavy atom. The lowest BCUT2D eigenvalue weighted by atomic mass is 10.0. The summed E-state index contributed by atoms with van der Waals surface area (Å²) >= 11 is 0. The highest BCUT2D eigenvalue weighted by Crippen LogP contribution is 2.38. The maximum absolute atomic E-state index is 12.9. The summed E-state index contributed by atoms with van der Waals surface area (Å²) < 4.78 is 23.3. The molecule has 0 aromatic rings. The maximum Gasteiger partial charge on any atom is 0.268 e. The van der Waals surface area contributed by atoms with Gasteiger partial charge >= 0.3 is 0 Å². The van der Waals surface area contributed by atoms with E-state index in [2.05, 4.69) is 43.5 Å². The molecule has 60 heavy (non-hydrogen) atoms. The van der Waals surface area contributed by atoms with E-state index >= 15 is 0 Å². The maximum atomic E-state index is 12.9. The first-order valence-corrected chi connectivity index (χ1v) is 26.8. The van der Waals surface area contributed by atoms with Crippen molar-refractivity contribution in [3.8, 4) is 0 Å². The zero-order valence-corrected chi connectivity index (χ0v) is 41.1. The molecule has 0 aliphatic rings. The van der Waals surface area contributed by atoms with Crippen molar-refractivity contribution >= 4 is 13.7 Å². The number of carbonyl (C=O) groups is 1. The average molecular weight is 867 g/mol. The third-order valence-electron chi connectivity index (χ3n) is 11.3. The summed E-state index contributed by atoms with van der Waals surface area (Å²) in [6.07, 6.45) is 53.4. The van der Waals surface area contributed by atoms with Crippen LogP contribution in [0.4, 0.5) is 0 Å². The molecule has 0 saturated carbocycles. The molecule has 0 fully saturated rings. The number of hydrogen-bond donors (Lipinski definition) is 2. The molecule has 0 aromatic heterocycles. The second kappa shape index (κ2) is 43.0. The van der Waals surface area contributed by atoms with Gasteiger partial charge in [0, 0.05) is 6.42 Å². The molecule has 0 radical (unpaired) electrons. The number of hydrogen-bond acceptors (Lipinski definition) is 6. The van der Waals surface area contributed by atoms with Gasteiger partial charge in [0.15, 0.2) is 0 Å². The van der Waals surface area contributed by atoms with Gasteiger partial charge in [0.1, 0.15) is 13.2 Å². The van der Waals surface area contributed by atoms with Crippen LogP contribution in [0, 0.1) is 0 Å². The van der Waals surface area contributed by atoms with Crippen LogP contribution in [-0.4, -0.2) is 68.5 Å². The van der Waals surface area contributed by atoms with E-state index in [9.17, 15) is 19.4 Å². The Balaban J connectivity index is 4.37. The minimum atomic E-state index is -4.60. The normalized spacial score (nSPS) is 14.4. The van der Waals surface area contributed by atoms with Crippen molar-refractivity contribution in [2.45, 2.75) is 244 Å². The van der Waals surface area contributed by atoms with Crippen molar-refractivity contribution in [1.82, 2.24) is 5.32 Å².